The van der Waals surface area contributed by atoms with Gasteiger partial charge in [0, 0.05) is 6.54 Å². The first-order valence-corrected chi connectivity index (χ1v) is 6.61. The van der Waals surface area contributed by atoms with E-state index < -0.39 is 5.97 Å². The molecule has 2 rings (SSSR count). The number of carboxylic acid groups (broad SMARTS) is 1. The fourth-order valence-electron chi connectivity index (χ4n) is 1.84. The lowest BCUT2D eigenvalue weighted by molar-refractivity contribution is 0.0696. The number of carbonyl (C=O) groups is 2. The lowest BCUT2D eigenvalue weighted by atomic mass is 9.94. The molecule has 0 saturated carbocycles. The zero-order valence-electron chi connectivity index (χ0n) is 9.76. The number of aromatic nitrogens is 1. The number of carbonyl (C=O) groups excluding carboxylic acids is 1. The van der Waals surface area contributed by atoms with Crippen molar-refractivity contribution in [3.8, 4) is 0 Å². The number of hydrogen-bond acceptors (Lipinski definition) is 4. The van der Waals surface area contributed by atoms with Crippen LogP contribution in [0.3, 0.4) is 0 Å². The van der Waals surface area contributed by atoms with Gasteiger partial charge in [0.1, 0.15) is 4.88 Å². The number of carboxylic acids is 1. The number of hydrogen-bond donors (Lipinski definition) is 2. The van der Waals surface area contributed by atoms with Crippen LogP contribution >= 0.6 is 11.3 Å². The van der Waals surface area contributed by atoms with Gasteiger partial charge in [0.05, 0.1) is 6.20 Å². The minimum absolute atomic E-state index is 0.0549. The molecule has 18 heavy (non-hydrogen) atoms. The third-order valence-electron chi connectivity index (χ3n) is 2.84. The summed E-state index contributed by atoms with van der Waals surface area (Å²) in [4.78, 5) is 26.4. The number of aromatic carboxylic acids is 1. The minimum atomic E-state index is -1.10. The maximum absolute atomic E-state index is 11.8. The molecule has 5 nitrogen and oxygen atoms in total. The van der Waals surface area contributed by atoms with Crippen molar-refractivity contribution in [2.45, 2.75) is 19.3 Å². The summed E-state index contributed by atoms with van der Waals surface area (Å²) in [5.74, 6) is -0.864. The van der Waals surface area contributed by atoms with E-state index >= 15 is 0 Å². The van der Waals surface area contributed by atoms with E-state index in [0.29, 0.717) is 17.3 Å². The van der Waals surface area contributed by atoms with Gasteiger partial charge in [-0.25, -0.2) is 9.78 Å². The zero-order valence-corrected chi connectivity index (χ0v) is 10.6. The second-order valence-electron chi connectivity index (χ2n) is 4.20. The molecule has 1 unspecified atom stereocenters. The fourth-order valence-corrected chi connectivity index (χ4v) is 2.52. The molecule has 0 spiro atoms. The lowest BCUT2D eigenvalue weighted by Crippen LogP contribution is -2.29. The van der Waals surface area contributed by atoms with Crippen molar-refractivity contribution in [3.63, 3.8) is 0 Å². The average molecular weight is 266 g/mol. The summed E-state index contributed by atoms with van der Waals surface area (Å²) >= 11 is 0.899. The van der Waals surface area contributed by atoms with E-state index in [1.165, 1.54) is 6.20 Å². The Labute approximate surface area is 109 Å². The number of amides is 1. The highest BCUT2D eigenvalue weighted by atomic mass is 32.1. The Morgan fingerprint density at radius 2 is 2.33 bits per heavy atom. The molecule has 1 atom stereocenters. The Hall–Kier alpha value is -1.69. The van der Waals surface area contributed by atoms with Gasteiger partial charge in [-0.2, -0.15) is 0 Å². The Kier molecular flexibility index (Phi) is 4.09. The first-order chi connectivity index (χ1) is 8.66. The van der Waals surface area contributed by atoms with Gasteiger partial charge in [-0.3, -0.25) is 4.79 Å². The van der Waals surface area contributed by atoms with Gasteiger partial charge in [0.2, 0.25) is 5.01 Å². The Bertz CT molecular complexity index is 481. The molecule has 0 bridgehead atoms. The number of allylic oxidation sites excluding steroid dienone is 2. The van der Waals surface area contributed by atoms with Crippen molar-refractivity contribution in [3.05, 3.63) is 28.2 Å². The SMILES string of the molecule is O=C(NCC1CC=CCC1)c1cnc(C(=O)O)s1. The number of nitrogens with one attached hydrogen (secondary N) is 1. The topological polar surface area (TPSA) is 79.3 Å². The monoisotopic (exact) mass is 266 g/mol. The zero-order chi connectivity index (χ0) is 13.0. The van der Waals surface area contributed by atoms with Crippen LogP contribution < -0.4 is 5.32 Å². The van der Waals surface area contributed by atoms with E-state index in [1.54, 1.807) is 0 Å². The molecule has 0 aromatic carbocycles. The summed E-state index contributed by atoms with van der Waals surface area (Å²) in [7, 11) is 0. The van der Waals surface area contributed by atoms with Gasteiger partial charge in [-0.05, 0) is 25.2 Å². The lowest BCUT2D eigenvalue weighted by Gasteiger charge is -2.17. The summed E-state index contributed by atoms with van der Waals surface area (Å²) in [6.45, 7) is 0.628. The van der Waals surface area contributed by atoms with Crippen LogP contribution in [0.1, 0.15) is 38.7 Å². The van der Waals surface area contributed by atoms with Crippen LogP contribution in [0.5, 0.6) is 0 Å². The molecule has 1 aromatic rings. The molecule has 6 heteroatoms. The van der Waals surface area contributed by atoms with Gasteiger partial charge in [0.25, 0.3) is 5.91 Å². The summed E-state index contributed by atoms with van der Waals surface area (Å²) in [5, 5.41) is 11.5. The van der Waals surface area contributed by atoms with Crippen LogP contribution in [0.25, 0.3) is 0 Å². The summed E-state index contributed by atoms with van der Waals surface area (Å²) in [5.41, 5.74) is 0. The summed E-state index contributed by atoms with van der Waals surface area (Å²) in [6.07, 6.45) is 8.73. The average Bonchev–Trinajstić information content (AvgIpc) is 2.87. The molecule has 2 N–H and O–H groups in total. The number of nitrogens with zero attached hydrogens (tertiary/aromatic N) is 1. The van der Waals surface area contributed by atoms with E-state index in [9.17, 15) is 9.59 Å². The normalized spacial score (nSPS) is 18.6. The van der Waals surface area contributed by atoms with Gasteiger partial charge >= 0.3 is 5.97 Å². The molecule has 0 radical (unpaired) electrons. The van der Waals surface area contributed by atoms with Crippen LogP contribution in [0.4, 0.5) is 0 Å². The van der Waals surface area contributed by atoms with Crippen molar-refractivity contribution in [1.82, 2.24) is 10.3 Å². The van der Waals surface area contributed by atoms with Gasteiger partial charge in [0.15, 0.2) is 0 Å². The minimum Gasteiger partial charge on any atom is -0.476 e. The molecular formula is C12H14N2O3S. The van der Waals surface area contributed by atoms with E-state index in [-0.39, 0.29) is 10.9 Å². The molecule has 1 aliphatic rings. The standard InChI is InChI=1S/C12H14N2O3S/c15-10(9-7-14-11(18-9)12(16)17)13-6-8-4-2-1-3-5-8/h1-2,7-8H,3-6H2,(H,13,15)(H,16,17). The van der Waals surface area contributed by atoms with Gasteiger partial charge in [-0.1, -0.05) is 12.2 Å². The van der Waals surface area contributed by atoms with Crippen LogP contribution in [0.2, 0.25) is 0 Å². The predicted octanol–water partition coefficient (Wildman–Crippen LogP) is 1.93. The van der Waals surface area contributed by atoms with Gasteiger partial charge in [-0.15, -0.1) is 11.3 Å². The molecular weight excluding hydrogens is 252 g/mol. The summed E-state index contributed by atoms with van der Waals surface area (Å²) in [6, 6.07) is 0. The molecule has 1 amide bonds. The third-order valence-corrected chi connectivity index (χ3v) is 3.83. The Balaban J connectivity index is 1.87. The van der Waals surface area contributed by atoms with Crippen LogP contribution in [0, 0.1) is 5.92 Å². The van der Waals surface area contributed by atoms with Crippen LogP contribution in [0.15, 0.2) is 18.3 Å². The number of rotatable bonds is 4. The predicted molar refractivity (Wildman–Crippen MR) is 67.9 cm³/mol. The van der Waals surface area contributed by atoms with Crippen LogP contribution in [-0.2, 0) is 0 Å². The van der Waals surface area contributed by atoms with E-state index in [0.717, 1.165) is 30.6 Å². The first-order valence-electron chi connectivity index (χ1n) is 5.79. The van der Waals surface area contributed by atoms with Crippen molar-refractivity contribution in [2.75, 3.05) is 6.54 Å². The quantitative estimate of drug-likeness (QED) is 0.816. The highest BCUT2D eigenvalue weighted by Crippen LogP contribution is 2.18. The Morgan fingerprint density at radius 1 is 1.50 bits per heavy atom. The van der Waals surface area contributed by atoms with Crippen molar-refractivity contribution in [2.24, 2.45) is 5.92 Å². The highest BCUT2D eigenvalue weighted by Gasteiger charge is 2.16. The molecule has 0 aliphatic heterocycles. The molecule has 96 valence electrons. The van der Waals surface area contributed by atoms with E-state index in [1.807, 2.05) is 0 Å². The van der Waals surface area contributed by atoms with Gasteiger partial charge < -0.3 is 10.4 Å². The van der Waals surface area contributed by atoms with Crippen molar-refractivity contribution >= 4 is 23.2 Å². The van der Waals surface area contributed by atoms with E-state index in [4.69, 9.17) is 5.11 Å². The first kappa shape index (κ1) is 12.8. The van der Waals surface area contributed by atoms with Crippen molar-refractivity contribution < 1.29 is 14.7 Å². The maximum atomic E-state index is 11.8. The van der Waals surface area contributed by atoms with E-state index in [2.05, 4.69) is 22.5 Å². The van der Waals surface area contributed by atoms with Crippen molar-refractivity contribution in [1.29, 1.82) is 0 Å². The molecule has 0 fully saturated rings. The second-order valence-corrected chi connectivity index (χ2v) is 5.23. The smallest absolute Gasteiger partial charge is 0.365 e. The van der Waals surface area contributed by atoms with Crippen LogP contribution in [-0.4, -0.2) is 28.5 Å². The summed E-state index contributed by atoms with van der Waals surface area (Å²) < 4.78 is 0. The maximum Gasteiger partial charge on any atom is 0.365 e. The molecule has 1 aromatic heterocycles. The highest BCUT2D eigenvalue weighted by molar-refractivity contribution is 7.15. The second kappa shape index (κ2) is 5.77. The fraction of sp³-hybridized carbons (Fsp3) is 0.417. The molecule has 1 aliphatic carbocycles. The number of thiazole rings is 1. The largest absolute Gasteiger partial charge is 0.476 e. The molecule has 0 saturated heterocycles. The Morgan fingerprint density at radius 3 is 2.94 bits per heavy atom. The molecule has 1 heterocycles. The third kappa shape index (κ3) is 3.16.